The largest absolute Gasteiger partial charge is 0.468 e. The summed E-state index contributed by atoms with van der Waals surface area (Å²) < 4.78 is 5.34. The van der Waals surface area contributed by atoms with Crippen molar-refractivity contribution in [3.63, 3.8) is 0 Å². The standard InChI is InChI=1S/C14H23N3O2/c1-2-5-15-11-14(18)17-8-6-16(7-9-17)12-13-4-3-10-19-13/h3-4,10,15H,2,5-9,11-12H2,1H3. The Balaban J connectivity index is 1.68. The van der Waals surface area contributed by atoms with Crippen molar-refractivity contribution in [2.24, 2.45) is 0 Å². The Kier molecular flexibility index (Phi) is 5.42. The molecule has 1 aliphatic rings. The summed E-state index contributed by atoms with van der Waals surface area (Å²) in [7, 11) is 0. The molecule has 1 aromatic rings. The van der Waals surface area contributed by atoms with Gasteiger partial charge >= 0.3 is 0 Å². The second kappa shape index (κ2) is 7.31. The zero-order chi connectivity index (χ0) is 13.5. The molecule has 1 fully saturated rings. The first kappa shape index (κ1) is 14.1. The monoisotopic (exact) mass is 265 g/mol. The van der Waals surface area contributed by atoms with Crippen LogP contribution in [0.3, 0.4) is 0 Å². The molecule has 1 aromatic heterocycles. The summed E-state index contributed by atoms with van der Waals surface area (Å²) in [5.41, 5.74) is 0. The number of nitrogens with one attached hydrogen (secondary N) is 1. The van der Waals surface area contributed by atoms with E-state index in [-0.39, 0.29) is 5.91 Å². The fourth-order valence-corrected chi connectivity index (χ4v) is 2.26. The molecule has 19 heavy (non-hydrogen) atoms. The summed E-state index contributed by atoms with van der Waals surface area (Å²) in [6.45, 7) is 7.77. The van der Waals surface area contributed by atoms with Crippen molar-refractivity contribution in [1.82, 2.24) is 15.1 Å². The molecule has 2 heterocycles. The quantitative estimate of drug-likeness (QED) is 0.777. The van der Waals surface area contributed by atoms with Crippen molar-refractivity contribution in [2.75, 3.05) is 39.3 Å². The van der Waals surface area contributed by atoms with Crippen molar-refractivity contribution in [2.45, 2.75) is 19.9 Å². The van der Waals surface area contributed by atoms with Gasteiger partial charge in [-0.15, -0.1) is 0 Å². The second-order valence-corrected chi connectivity index (χ2v) is 4.91. The van der Waals surface area contributed by atoms with Gasteiger partial charge in [-0.2, -0.15) is 0 Å². The number of amides is 1. The normalized spacial score (nSPS) is 16.8. The molecule has 0 radical (unpaired) electrons. The molecule has 1 saturated heterocycles. The highest BCUT2D eigenvalue weighted by atomic mass is 16.3. The molecule has 0 atom stereocenters. The van der Waals surface area contributed by atoms with Crippen LogP contribution in [0.15, 0.2) is 22.8 Å². The molecule has 0 aromatic carbocycles. The van der Waals surface area contributed by atoms with E-state index in [0.29, 0.717) is 6.54 Å². The van der Waals surface area contributed by atoms with Crippen LogP contribution in [0.4, 0.5) is 0 Å². The Labute approximate surface area is 114 Å². The molecule has 5 nitrogen and oxygen atoms in total. The molecular formula is C14H23N3O2. The zero-order valence-electron chi connectivity index (χ0n) is 11.6. The van der Waals surface area contributed by atoms with Gasteiger partial charge in [-0.1, -0.05) is 6.92 Å². The highest BCUT2D eigenvalue weighted by molar-refractivity contribution is 5.78. The smallest absolute Gasteiger partial charge is 0.236 e. The second-order valence-electron chi connectivity index (χ2n) is 4.91. The molecule has 0 spiro atoms. The molecule has 0 saturated carbocycles. The maximum Gasteiger partial charge on any atom is 0.236 e. The van der Waals surface area contributed by atoms with Crippen LogP contribution in [-0.4, -0.2) is 55.0 Å². The summed E-state index contributed by atoms with van der Waals surface area (Å²) in [5, 5.41) is 3.16. The van der Waals surface area contributed by atoms with E-state index in [9.17, 15) is 4.79 Å². The van der Waals surface area contributed by atoms with E-state index in [1.165, 1.54) is 0 Å². The SMILES string of the molecule is CCCNCC(=O)N1CCN(Cc2ccco2)CC1. The Hall–Kier alpha value is -1.33. The van der Waals surface area contributed by atoms with E-state index in [1.54, 1.807) is 6.26 Å². The minimum atomic E-state index is 0.214. The number of carbonyl (C=O) groups excluding carboxylic acids is 1. The average Bonchev–Trinajstić information content (AvgIpc) is 2.93. The molecule has 1 aliphatic heterocycles. The summed E-state index contributed by atoms with van der Waals surface area (Å²) in [4.78, 5) is 16.2. The van der Waals surface area contributed by atoms with E-state index >= 15 is 0 Å². The minimum absolute atomic E-state index is 0.214. The Morgan fingerprint density at radius 3 is 2.79 bits per heavy atom. The maximum absolute atomic E-state index is 11.9. The summed E-state index contributed by atoms with van der Waals surface area (Å²) in [5.74, 6) is 1.20. The van der Waals surface area contributed by atoms with Gasteiger partial charge in [0.1, 0.15) is 5.76 Å². The van der Waals surface area contributed by atoms with Crippen LogP contribution >= 0.6 is 0 Å². The van der Waals surface area contributed by atoms with E-state index in [2.05, 4.69) is 17.1 Å². The third kappa shape index (κ3) is 4.36. The van der Waals surface area contributed by atoms with E-state index in [4.69, 9.17) is 4.42 Å². The van der Waals surface area contributed by atoms with Gasteiger partial charge in [-0.25, -0.2) is 0 Å². The van der Waals surface area contributed by atoms with Crippen LogP contribution < -0.4 is 5.32 Å². The molecule has 2 rings (SSSR count). The molecule has 1 amide bonds. The van der Waals surface area contributed by atoms with Gasteiger partial charge in [0.25, 0.3) is 0 Å². The Bertz CT molecular complexity index is 370. The molecule has 106 valence electrons. The number of rotatable bonds is 6. The first-order valence-corrected chi connectivity index (χ1v) is 7.03. The van der Waals surface area contributed by atoms with Crippen LogP contribution in [0.5, 0.6) is 0 Å². The van der Waals surface area contributed by atoms with Crippen LogP contribution in [0.2, 0.25) is 0 Å². The lowest BCUT2D eigenvalue weighted by molar-refractivity contribution is -0.132. The number of piperazine rings is 1. The first-order chi connectivity index (χ1) is 9.29. The van der Waals surface area contributed by atoms with Gasteiger partial charge in [0, 0.05) is 26.2 Å². The zero-order valence-corrected chi connectivity index (χ0v) is 11.6. The molecule has 0 bridgehead atoms. The third-order valence-corrected chi connectivity index (χ3v) is 3.39. The van der Waals surface area contributed by atoms with Crippen molar-refractivity contribution in [3.05, 3.63) is 24.2 Å². The van der Waals surface area contributed by atoms with Crippen LogP contribution in [0, 0.1) is 0 Å². The van der Waals surface area contributed by atoms with Crippen LogP contribution in [-0.2, 0) is 11.3 Å². The van der Waals surface area contributed by atoms with E-state index < -0.39 is 0 Å². The van der Waals surface area contributed by atoms with Crippen LogP contribution in [0.1, 0.15) is 19.1 Å². The van der Waals surface area contributed by atoms with Gasteiger partial charge in [0.05, 0.1) is 19.4 Å². The number of furan rings is 1. The Morgan fingerprint density at radius 2 is 2.16 bits per heavy atom. The summed E-state index contributed by atoms with van der Waals surface area (Å²) in [6.07, 6.45) is 2.76. The maximum atomic E-state index is 11.9. The van der Waals surface area contributed by atoms with Gasteiger partial charge in [0.15, 0.2) is 0 Å². The number of nitrogens with zero attached hydrogens (tertiary/aromatic N) is 2. The Morgan fingerprint density at radius 1 is 1.37 bits per heavy atom. The molecule has 5 heteroatoms. The lowest BCUT2D eigenvalue weighted by atomic mass is 10.3. The summed E-state index contributed by atoms with van der Waals surface area (Å²) >= 11 is 0. The lowest BCUT2D eigenvalue weighted by Gasteiger charge is -2.34. The van der Waals surface area contributed by atoms with E-state index in [1.807, 2.05) is 17.0 Å². The molecular weight excluding hydrogens is 242 g/mol. The lowest BCUT2D eigenvalue weighted by Crippen LogP contribution is -2.50. The fourth-order valence-electron chi connectivity index (χ4n) is 2.26. The van der Waals surface area contributed by atoms with Crippen molar-refractivity contribution in [3.8, 4) is 0 Å². The van der Waals surface area contributed by atoms with Gasteiger partial charge < -0.3 is 14.6 Å². The highest BCUT2D eigenvalue weighted by Crippen LogP contribution is 2.08. The summed E-state index contributed by atoms with van der Waals surface area (Å²) in [6, 6.07) is 3.90. The molecule has 0 aliphatic carbocycles. The van der Waals surface area contributed by atoms with E-state index in [0.717, 1.165) is 51.4 Å². The van der Waals surface area contributed by atoms with Gasteiger partial charge in [0.2, 0.25) is 5.91 Å². The number of hydrogen-bond donors (Lipinski definition) is 1. The average molecular weight is 265 g/mol. The third-order valence-electron chi connectivity index (χ3n) is 3.39. The van der Waals surface area contributed by atoms with Gasteiger partial charge in [-0.05, 0) is 25.1 Å². The van der Waals surface area contributed by atoms with Crippen molar-refractivity contribution < 1.29 is 9.21 Å². The topological polar surface area (TPSA) is 48.7 Å². The molecule has 0 unspecified atom stereocenters. The van der Waals surface area contributed by atoms with Crippen molar-refractivity contribution >= 4 is 5.91 Å². The fraction of sp³-hybridized carbons (Fsp3) is 0.643. The number of carbonyl (C=O) groups is 1. The predicted octanol–water partition coefficient (Wildman–Crippen LogP) is 0.923. The minimum Gasteiger partial charge on any atom is -0.468 e. The molecule has 1 N–H and O–H groups in total. The predicted molar refractivity (Wildman–Crippen MR) is 73.7 cm³/mol. The first-order valence-electron chi connectivity index (χ1n) is 7.03. The highest BCUT2D eigenvalue weighted by Gasteiger charge is 2.20. The number of hydrogen-bond acceptors (Lipinski definition) is 4. The van der Waals surface area contributed by atoms with Crippen molar-refractivity contribution in [1.29, 1.82) is 0 Å². The van der Waals surface area contributed by atoms with Crippen LogP contribution in [0.25, 0.3) is 0 Å². The van der Waals surface area contributed by atoms with Gasteiger partial charge in [-0.3, -0.25) is 9.69 Å².